The van der Waals surface area contributed by atoms with Gasteiger partial charge in [-0.15, -0.1) is 0 Å². The lowest BCUT2D eigenvalue weighted by Crippen LogP contribution is -2.02. The Morgan fingerprint density at radius 1 is 1.29 bits per heavy atom. The van der Waals surface area contributed by atoms with Crippen LogP contribution in [0, 0.1) is 6.92 Å². The molecule has 0 unspecified atom stereocenters. The number of ether oxygens (including phenoxy) is 2. The highest BCUT2D eigenvalue weighted by Gasteiger charge is 2.11. The summed E-state index contributed by atoms with van der Waals surface area (Å²) in [5.74, 6) is 1.48. The van der Waals surface area contributed by atoms with Gasteiger partial charge < -0.3 is 9.47 Å². The molecule has 0 atom stereocenters. The first kappa shape index (κ1) is 13.8. The molecule has 108 valence electrons. The van der Waals surface area contributed by atoms with Crippen molar-refractivity contribution in [1.29, 1.82) is 0 Å². The average molecular weight is 305 g/mol. The molecule has 21 heavy (non-hydrogen) atoms. The number of benzene rings is 1. The molecule has 0 aliphatic rings. The topological polar surface area (TPSA) is 61.5 Å². The summed E-state index contributed by atoms with van der Waals surface area (Å²) in [5.41, 5.74) is 1.77. The molecule has 0 saturated carbocycles. The summed E-state index contributed by atoms with van der Waals surface area (Å²) in [6.45, 7) is 2.33. The van der Waals surface area contributed by atoms with Crippen LogP contribution in [-0.4, -0.2) is 26.7 Å². The maximum atomic E-state index is 6.19. The number of nitrogens with zero attached hydrogens (tertiary/aromatic N) is 4. The van der Waals surface area contributed by atoms with Crippen LogP contribution in [0.15, 0.2) is 30.6 Å². The molecule has 7 heteroatoms. The predicted molar refractivity (Wildman–Crippen MR) is 77.8 cm³/mol. The Balaban J connectivity index is 2.04. The molecule has 0 fully saturated rings. The second-order valence-corrected chi connectivity index (χ2v) is 4.93. The fraction of sp³-hybridized carbons (Fsp3) is 0.214. The minimum absolute atomic E-state index is 0.362. The van der Waals surface area contributed by atoms with Gasteiger partial charge in [-0.25, -0.2) is 4.98 Å². The van der Waals surface area contributed by atoms with E-state index in [4.69, 9.17) is 21.1 Å². The van der Waals surface area contributed by atoms with E-state index in [0.29, 0.717) is 34.7 Å². The summed E-state index contributed by atoms with van der Waals surface area (Å²) >= 11 is 6.19. The van der Waals surface area contributed by atoms with Crippen LogP contribution in [0.3, 0.4) is 0 Å². The van der Waals surface area contributed by atoms with Crippen LogP contribution in [0.1, 0.15) is 11.3 Å². The summed E-state index contributed by atoms with van der Waals surface area (Å²) in [7, 11) is 1.60. The number of halogens is 1. The molecular formula is C14H13ClN4O2. The van der Waals surface area contributed by atoms with Crippen LogP contribution in [0.5, 0.6) is 11.6 Å². The van der Waals surface area contributed by atoms with Crippen LogP contribution in [-0.2, 0) is 11.3 Å². The van der Waals surface area contributed by atoms with Gasteiger partial charge in [0.25, 0.3) is 5.78 Å². The number of hydrogen-bond acceptors (Lipinski definition) is 5. The van der Waals surface area contributed by atoms with Gasteiger partial charge in [-0.2, -0.15) is 14.6 Å². The van der Waals surface area contributed by atoms with Crippen molar-refractivity contribution < 1.29 is 9.47 Å². The van der Waals surface area contributed by atoms with E-state index >= 15 is 0 Å². The Bertz CT molecular complexity index is 788. The van der Waals surface area contributed by atoms with Crippen molar-refractivity contribution in [2.24, 2.45) is 0 Å². The lowest BCUT2D eigenvalue weighted by Gasteiger charge is -2.10. The molecule has 6 nitrogen and oxygen atoms in total. The molecular weight excluding hydrogens is 292 g/mol. The molecule has 0 aliphatic carbocycles. The van der Waals surface area contributed by atoms with Gasteiger partial charge in [0.1, 0.15) is 12.1 Å². The summed E-state index contributed by atoms with van der Waals surface area (Å²) < 4.78 is 12.5. The molecule has 1 aromatic carbocycles. The van der Waals surface area contributed by atoms with Gasteiger partial charge in [0.15, 0.2) is 0 Å². The van der Waals surface area contributed by atoms with Crippen LogP contribution in [0.2, 0.25) is 5.02 Å². The zero-order valence-corrected chi connectivity index (χ0v) is 12.3. The number of rotatable bonds is 4. The van der Waals surface area contributed by atoms with E-state index in [2.05, 4.69) is 15.1 Å². The highest BCUT2D eigenvalue weighted by molar-refractivity contribution is 6.32. The predicted octanol–water partition coefficient (Wildman–Crippen LogP) is 3.02. The van der Waals surface area contributed by atoms with Crippen LogP contribution < -0.4 is 4.74 Å². The highest BCUT2D eigenvalue weighted by Crippen LogP contribution is 2.30. The van der Waals surface area contributed by atoms with Crippen LogP contribution >= 0.6 is 11.6 Å². The molecule has 0 bridgehead atoms. The van der Waals surface area contributed by atoms with E-state index in [1.54, 1.807) is 13.2 Å². The minimum atomic E-state index is 0.362. The SMILES string of the molecule is COCc1cc(Oc2ccc(C)cc2Cl)n2ncnc2n1. The van der Waals surface area contributed by atoms with Gasteiger partial charge in [-0.3, -0.25) is 0 Å². The van der Waals surface area contributed by atoms with E-state index in [-0.39, 0.29) is 0 Å². The molecule has 0 saturated heterocycles. The largest absolute Gasteiger partial charge is 0.437 e. The molecule has 0 amide bonds. The van der Waals surface area contributed by atoms with E-state index < -0.39 is 0 Å². The second-order valence-electron chi connectivity index (χ2n) is 4.53. The van der Waals surface area contributed by atoms with Gasteiger partial charge in [0, 0.05) is 13.2 Å². The third-order valence-electron chi connectivity index (χ3n) is 2.87. The van der Waals surface area contributed by atoms with Crippen molar-refractivity contribution in [2.75, 3.05) is 7.11 Å². The lowest BCUT2D eigenvalue weighted by molar-refractivity contribution is 0.181. The normalized spacial score (nSPS) is 11.0. The smallest absolute Gasteiger partial charge is 0.255 e. The van der Waals surface area contributed by atoms with Crippen molar-refractivity contribution in [3.05, 3.63) is 46.9 Å². The lowest BCUT2D eigenvalue weighted by atomic mass is 10.2. The summed E-state index contributed by atoms with van der Waals surface area (Å²) in [5, 5.41) is 4.63. The van der Waals surface area contributed by atoms with Gasteiger partial charge in [0.2, 0.25) is 5.88 Å². The number of aromatic nitrogens is 4. The van der Waals surface area contributed by atoms with Crippen molar-refractivity contribution >= 4 is 17.4 Å². The van der Waals surface area contributed by atoms with E-state index in [1.807, 2.05) is 25.1 Å². The average Bonchev–Trinajstić information content (AvgIpc) is 2.91. The fourth-order valence-electron chi connectivity index (χ4n) is 1.93. The third-order valence-corrected chi connectivity index (χ3v) is 3.16. The molecule has 0 aliphatic heterocycles. The fourth-order valence-corrected chi connectivity index (χ4v) is 2.20. The van der Waals surface area contributed by atoms with Gasteiger partial charge in [-0.05, 0) is 24.6 Å². The molecule has 2 heterocycles. The number of hydrogen-bond donors (Lipinski definition) is 0. The maximum absolute atomic E-state index is 6.19. The molecule has 0 spiro atoms. The third kappa shape index (κ3) is 2.81. The van der Waals surface area contributed by atoms with Crippen molar-refractivity contribution in [3.63, 3.8) is 0 Å². The first-order chi connectivity index (χ1) is 10.2. The van der Waals surface area contributed by atoms with E-state index in [1.165, 1.54) is 10.8 Å². The number of aryl methyl sites for hydroxylation is 1. The molecule has 3 aromatic rings. The monoisotopic (exact) mass is 304 g/mol. The van der Waals surface area contributed by atoms with E-state index in [9.17, 15) is 0 Å². The Morgan fingerprint density at radius 3 is 2.90 bits per heavy atom. The Hall–Kier alpha value is -2.18. The zero-order chi connectivity index (χ0) is 14.8. The second kappa shape index (κ2) is 5.67. The van der Waals surface area contributed by atoms with Crippen LogP contribution in [0.25, 0.3) is 5.78 Å². The van der Waals surface area contributed by atoms with Crippen LogP contribution in [0.4, 0.5) is 0 Å². The molecule has 2 aromatic heterocycles. The first-order valence-corrected chi connectivity index (χ1v) is 6.68. The van der Waals surface area contributed by atoms with Crippen molar-refractivity contribution in [1.82, 2.24) is 19.6 Å². The molecule has 0 radical (unpaired) electrons. The Labute approximate surface area is 126 Å². The van der Waals surface area contributed by atoms with Gasteiger partial charge in [-0.1, -0.05) is 17.7 Å². The minimum Gasteiger partial charge on any atom is -0.437 e. The number of methoxy groups -OCH3 is 1. The van der Waals surface area contributed by atoms with Gasteiger partial charge in [0.05, 0.1) is 17.3 Å². The van der Waals surface area contributed by atoms with E-state index in [0.717, 1.165) is 5.56 Å². The molecule has 3 rings (SSSR count). The van der Waals surface area contributed by atoms with Crippen molar-refractivity contribution in [3.8, 4) is 11.6 Å². The maximum Gasteiger partial charge on any atom is 0.255 e. The Morgan fingerprint density at radius 2 is 2.14 bits per heavy atom. The quantitative estimate of drug-likeness (QED) is 0.741. The number of fused-ring (bicyclic) bond motifs is 1. The molecule has 0 N–H and O–H groups in total. The standard InChI is InChI=1S/C14H13ClN4O2/c1-9-3-4-12(11(15)5-9)21-13-6-10(7-20-2)18-14-16-8-17-19(13)14/h3-6,8H,7H2,1-2H3. The summed E-state index contributed by atoms with van der Waals surface area (Å²) in [6.07, 6.45) is 1.42. The van der Waals surface area contributed by atoms with Gasteiger partial charge >= 0.3 is 0 Å². The first-order valence-electron chi connectivity index (χ1n) is 6.30. The highest BCUT2D eigenvalue weighted by atomic mass is 35.5. The van der Waals surface area contributed by atoms with Crippen molar-refractivity contribution in [2.45, 2.75) is 13.5 Å². The summed E-state index contributed by atoms with van der Waals surface area (Å²) in [6, 6.07) is 7.34. The summed E-state index contributed by atoms with van der Waals surface area (Å²) in [4.78, 5) is 8.39. The zero-order valence-electron chi connectivity index (χ0n) is 11.6. The Kier molecular flexibility index (Phi) is 3.72.